The van der Waals surface area contributed by atoms with Crippen molar-refractivity contribution < 1.29 is 9.59 Å². The Morgan fingerprint density at radius 2 is 1.07 bits per heavy atom. The van der Waals surface area contributed by atoms with E-state index in [9.17, 15) is 9.59 Å². The molecule has 3 aromatic rings. The molecule has 0 aromatic heterocycles. The lowest BCUT2D eigenvalue weighted by Crippen LogP contribution is -2.19. The normalized spacial score (nSPS) is 10.3. The third-order valence-electron chi connectivity index (χ3n) is 3.62. The van der Waals surface area contributed by atoms with Gasteiger partial charge in [-0.25, -0.2) is 4.79 Å². The average Bonchev–Trinajstić information content (AvgIpc) is 2.60. The topological polar surface area (TPSA) is 70.2 Å². The molecule has 148 valence electrons. The Balaban J connectivity index is 1.67. The summed E-state index contributed by atoms with van der Waals surface area (Å²) in [6.07, 6.45) is 0. The van der Waals surface area contributed by atoms with E-state index in [4.69, 9.17) is 46.4 Å². The standard InChI is InChI=1S/C20H13Cl4N3O2/c21-12-4-11(5-13(22)6-12)19(28)25-16-2-1-3-17(10-16)26-20(29)27-18-8-14(23)7-15(24)9-18/h1-10H,(H,25,28)(H2,26,27,29). The lowest BCUT2D eigenvalue weighted by Gasteiger charge is -2.11. The second kappa shape index (κ2) is 9.37. The highest BCUT2D eigenvalue weighted by Crippen LogP contribution is 2.23. The summed E-state index contributed by atoms with van der Waals surface area (Å²) in [5.74, 6) is -0.385. The maximum Gasteiger partial charge on any atom is 0.323 e. The van der Waals surface area contributed by atoms with Gasteiger partial charge in [0, 0.05) is 42.7 Å². The molecule has 3 amide bonds. The van der Waals surface area contributed by atoms with Gasteiger partial charge in [-0.2, -0.15) is 0 Å². The third kappa shape index (κ3) is 6.27. The Morgan fingerprint density at radius 1 is 0.586 bits per heavy atom. The third-order valence-corrected chi connectivity index (χ3v) is 4.50. The largest absolute Gasteiger partial charge is 0.323 e. The first-order chi connectivity index (χ1) is 13.8. The van der Waals surface area contributed by atoms with Crippen molar-refractivity contribution in [3.63, 3.8) is 0 Å². The van der Waals surface area contributed by atoms with Crippen molar-refractivity contribution in [1.29, 1.82) is 0 Å². The second-order valence-electron chi connectivity index (χ2n) is 5.93. The minimum absolute atomic E-state index is 0.316. The Kier molecular flexibility index (Phi) is 6.87. The number of halogens is 4. The van der Waals surface area contributed by atoms with Crippen LogP contribution >= 0.6 is 46.4 Å². The van der Waals surface area contributed by atoms with E-state index in [1.165, 1.54) is 18.2 Å². The summed E-state index contributed by atoms with van der Waals surface area (Å²) in [6, 6.07) is 15.4. The predicted molar refractivity (Wildman–Crippen MR) is 120 cm³/mol. The molecule has 0 heterocycles. The lowest BCUT2D eigenvalue weighted by atomic mass is 10.2. The number of urea groups is 1. The molecule has 0 saturated heterocycles. The minimum Gasteiger partial charge on any atom is -0.322 e. The van der Waals surface area contributed by atoms with Crippen molar-refractivity contribution in [3.8, 4) is 0 Å². The van der Waals surface area contributed by atoms with Crippen LogP contribution in [-0.4, -0.2) is 11.9 Å². The van der Waals surface area contributed by atoms with Crippen LogP contribution in [0.2, 0.25) is 20.1 Å². The van der Waals surface area contributed by atoms with Gasteiger partial charge in [0.15, 0.2) is 0 Å². The van der Waals surface area contributed by atoms with Crippen molar-refractivity contribution >= 4 is 75.4 Å². The van der Waals surface area contributed by atoms with Crippen LogP contribution in [0.15, 0.2) is 60.7 Å². The van der Waals surface area contributed by atoms with Crippen molar-refractivity contribution in [2.24, 2.45) is 0 Å². The molecule has 0 fully saturated rings. The summed E-state index contributed by atoms with van der Waals surface area (Å²) in [5.41, 5.74) is 1.71. The molecule has 0 atom stereocenters. The number of carbonyl (C=O) groups is 2. The van der Waals surface area contributed by atoms with E-state index in [0.29, 0.717) is 42.7 Å². The first-order valence-electron chi connectivity index (χ1n) is 8.20. The summed E-state index contributed by atoms with van der Waals surface area (Å²) < 4.78 is 0. The number of rotatable bonds is 4. The summed E-state index contributed by atoms with van der Waals surface area (Å²) in [5, 5.41) is 9.55. The number of hydrogen-bond acceptors (Lipinski definition) is 2. The van der Waals surface area contributed by atoms with Gasteiger partial charge in [-0.15, -0.1) is 0 Å². The maximum atomic E-state index is 12.4. The van der Waals surface area contributed by atoms with E-state index in [1.54, 1.807) is 42.5 Å². The van der Waals surface area contributed by atoms with Crippen LogP contribution in [-0.2, 0) is 0 Å². The zero-order chi connectivity index (χ0) is 21.0. The molecule has 0 aliphatic carbocycles. The molecule has 3 rings (SSSR count). The highest BCUT2D eigenvalue weighted by atomic mass is 35.5. The van der Waals surface area contributed by atoms with E-state index < -0.39 is 6.03 Å². The molecule has 9 heteroatoms. The Hall–Kier alpha value is -2.44. The first-order valence-corrected chi connectivity index (χ1v) is 9.71. The SMILES string of the molecule is O=C(Nc1cc(Cl)cc(Cl)c1)Nc1cccc(NC(=O)c2cc(Cl)cc(Cl)c2)c1. The molecule has 29 heavy (non-hydrogen) atoms. The van der Waals surface area contributed by atoms with Gasteiger partial charge in [-0.1, -0.05) is 52.5 Å². The fourth-order valence-corrected chi connectivity index (χ4v) is 3.53. The molecule has 0 spiro atoms. The van der Waals surface area contributed by atoms with Gasteiger partial charge in [-0.05, 0) is 54.6 Å². The Bertz CT molecular complexity index is 1050. The van der Waals surface area contributed by atoms with Gasteiger partial charge in [0.2, 0.25) is 0 Å². The van der Waals surface area contributed by atoms with Crippen LogP contribution in [0.25, 0.3) is 0 Å². The highest BCUT2D eigenvalue weighted by Gasteiger charge is 2.10. The predicted octanol–water partition coefficient (Wildman–Crippen LogP) is 7.20. The molecular formula is C20H13Cl4N3O2. The highest BCUT2D eigenvalue weighted by molar-refractivity contribution is 6.35. The number of anilines is 3. The van der Waals surface area contributed by atoms with Crippen molar-refractivity contribution in [2.75, 3.05) is 16.0 Å². The number of amides is 3. The number of carbonyl (C=O) groups excluding carboxylic acids is 2. The fraction of sp³-hybridized carbons (Fsp3) is 0. The molecule has 0 aliphatic rings. The zero-order valence-corrected chi connectivity index (χ0v) is 17.6. The second-order valence-corrected chi connectivity index (χ2v) is 7.68. The first kappa shape index (κ1) is 21.3. The van der Waals surface area contributed by atoms with Crippen LogP contribution in [0.4, 0.5) is 21.9 Å². The van der Waals surface area contributed by atoms with Crippen molar-refractivity contribution in [2.45, 2.75) is 0 Å². The Morgan fingerprint density at radius 3 is 1.66 bits per heavy atom. The van der Waals surface area contributed by atoms with Gasteiger partial charge in [0.25, 0.3) is 5.91 Å². The lowest BCUT2D eigenvalue weighted by molar-refractivity contribution is 0.102. The number of nitrogens with one attached hydrogen (secondary N) is 3. The summed E-state index contributed by atoms with van der Waals surface area (Å²) in [7, 11) is 0. The van der Waals surface area contributed by atoms with Crippen LogP contribution in [0, 0.1) is 0 Å². The van der Waals surface area contributed by atoms with E-state index in [0.717, 1.165) is 0 Å². The molecule has 0 bridgehead atoms. The fourth-order valence-electron chi connectivity index (χ4n) is 2.48. The quantitative estimate of drug-likeness (QED) is 0.379. The van der Waals surface area contributed by atoms with Gasteiger partial charge >= 0.3 is 6.03 Å². The summed E-state index contributed by atoms with van der Waals surface area (Å²) >= 11 is 23.7. The molecular weight excluding hydrogens is 456 g/mol. The molecule has 0 saturated carbocycles. The molecule has 0 unspecified atom stereocenters. The van der Waals surface area contributed by atoms with Gasteiger partial charge in [0.1, 0.15) is 0 Å². The van der Waals surface area contributed by atoms with Crippen molar-refractivity contribution in [3.05, 3.63) is 86.3 Å². The minimum atomic E-state index is -0.492. The van der Waals surface area contributed by atoms with Gasteiger partial charge in [0.05, 0.1) is 0 Å². The van der Waals surface area contributed by atoms with E-state index in [-0.39, 0.29) is 5.91 Å². The van der Waals surface area contributed by atoms with E-state index >= 15 is 0 Å². The zero-order valence-electron chi connectivity index (χ0n) is 14.6. The molecule has 3 aromatic carbocycles. The molecule has 0 radical (unpaired) electrons. The smallest absolute Gasteiger partial charge is 0.322 e. The van der Waals surface area contributed by atoms with E-state index in [2.05, 4.69) is 16.0 Å². The van der Waals surface area contributed by atoms with Crippen LogP contribution in [0.1, 0.15) is 10.4 Å². The van der Waals surface area contributed by atoms with Gasteiger partial charge < -0.3 is 16.0 Å². The van der Waals surface area contributed by atoms with Crippen molar-refractivity contribution in [1.82, 2.24) is 0 Å². The average molecular weight is 469 g/mol. The molecule has 5 nitrogen and oxygen atoms in total. The van der Waals surface area contributed by atoms with Crippen LogP contribution in [0.5, 0.6) is 0 Å². The summed E-state index contributed by atoms with van der Waals surface area (Å²) in [6.45, 7) is 0. The monoisotopic (exact) mass is 467 g/mol. The molecule has 0 aliphatic heterocycles. The number of hydrogen-bond donors (Lipinski definition) is 3. The van der Waals surface area contributed by atoms with E-state index in [1.807, 2.05) is 0 Å². The summed E-state index contributed by atoms with van der Waals surface area (Å²) in [4.78, 5) is 24.6. The van der Waals surface area contributed by atoms with Crippen LogP contribution in [0.3, 0.4) is 0 Å². The van der Waals surface area contributed by atoms with Crippen LogP contribution < -0.4 is 16.0 Å². The number of benzene rings is 3. The molecule has 3 N–H and O–H groups in total. The Labute approximate surface area is 186 Å². The maximum absolute atomic E-state index is 12.4. The van der Waals surface area contributed by atoms with Gasteiger partial charge in [-0.3, -0.25) is 4.79 Å².